The van der Waals surface area contributed by atoms with E-state index in [0.717, 1.165) is 60.8 Å². The summed E-state index contributed by atoms with van der Waals surface area (Å²) in [6.07, 6.45) is 1.88. The van der Waals surface area contributed by atoms with E-state index in [2.05, 4.69) is 20.0 Å². The molecule has 0 spiro atoms. The van der Waals surface area contributed by atoms with Crippen LogP contribution in [0.3, 0.4) is 0 Å². The van der Waals surface area contributed by atoms with Crippen molar-refractivity contribution in [3.05, 3.63) is 92.8 Å². The van der Waals surface area contributed by atoms with Gasteiger partial charge in [-0.25, -0.2) is 0 Å². The van der Waals surface area contributed by atoms with Crippen molar-refractivity contribution in [3.63, 3.8) is 0 Å². The van der Waals surface area contributed by atoms with Crippen LogP contribution in [0.5, 0.6) is 0 Å². The number of rotatable bonds is 6. The van der Waals surface area contributed by atoms with Gasteiger partial charge in [0, 0.05) is 43.3 Å². The average molecular weight is 518 g/mol. The predicted octanol–water partition coefficient (Wildman–Crippen LogP) is 4.91. The maximum atomic E-state index is 13.3. The molecule has 1 fully saturated rings. The number of thiophene rings is 1. The molecular formula is C27H24ClN5O2S. The predicted molar refractivity (Wildman–Crippen MR) is 141 cm³/mol. The number of fused-ring (bicyclic) bond motifs is 1. The number of piperazine rings is 1. The molecule has 0 saturated carbocycles. The Morgan fingerprint density at radius 2 is 1.75 bits per heavy atom. The zero-order chi connectivity index (χ0) is 24.6. The normalized spacial score (nSPS) is 16.1. The highest BCUT2D eigenvalue weighted by Crippen LogP contribution is 2.33. The molecule has 9 heteroatoms. The van der Waals surface area contributed by atoms with Crippen molar-refractivity contribution in [2.24, 2.45) is 0 Å². The number of nitrogens with zero attached hydrogens (tertiary/aromatic N) is 4. The number of aromatic amines is 1. The molecule has 7 nitrogen and oxygen atoms in total. The van der Waals surface area contributed by atoms with Crippen LogP contribution in [0.2, 0.25) is 5.02 Å². The monoisotopic (exact) mass is 517 g/mol. The van der Waals surface area contributed by atoms with E-state index >= 15 is 0 Å². The summed E-state index contributed by atoms with van der Waals surface area (Å²) in [6.45, 7) is 4.32. The molecular weight excluding hydrogens is 494 g/mol. The molecule has 1 saturated heterocycles. The highest BCUT2D eigenvalue weighted by Gasteiger charge is 2.38. The van der Waals surface area contributed by atoms with Crippen LogP contribution in [0.15, 0.2) is 65.5 Å². The number of nitrogens with one attached hydrogen (secondary N) is 1. The molecule has 2 aliphatic rings. The van der Waals surface area contributed by atoms with Crippen molar-refractivity contribution < 1.29 is 9.59 Å². The third kappa shape index (κ3) is 4.21. The van der Waals surface area contributed by atoms with Crippen LogP contribution in [-0.2, 0) is 13.1 Å². The minimum Gasteiger partial charge on any atom is -0.368 e. The first-order chi connectivity index (χ1) is 17.6. The highest BCUT2D eigenvalue weighted by atomic mass is 35.5. The summed E-state index contributed by atoms with van der Waals surface area (Å²) in [5, 5.41) is 12.0. The second kappa shape index (κ2) is 9.54. The number of H-pyrrole nitrogens is 1. The van der Waals surface area contributed by atoms with E-state index in [9.17, 15) is 9.59 Å². The van der Waals surface area contributed by atoms with Gasteiger partial charge >= 0.3 is 0 Å². The second-order valence-electron chi connectivity index (χ2n) is 9.07. The lowest BCUT2D eigenvalue weighted by molar-refractivity contribution is 0.0642. The van der Waals surface area contributed by atoms with Crippen LogP contribution in [0.4, 0.5) is 5.69 Å². The Hall–Kier alpha value is -3.46. The molecule has 4 heterocycles. The quantitative estimate of drug-likeness (QED) is 0.368. The third-order valence-electron chi connectivity index (χ3n) is 6.86. The maximum Gasteiger partial charge on any atom is 0.263 e. The summed E-state index contributed by atoms with van der Waals surface area (Å²) in [4.78, 5) is 32.3. The fraction of sp³-hybridized carbons (Fsp3) is 0.222. The van der Waals surface area contributed by atoms with E-state index in [4.69, 9.17) is 11.6 Å². The van der Waals surface area contributed by atoms with Gasteiger partial charge in [0.05, 0.1) is 35.2 Å². The molecule has 2 aromatic heterocycles. The molecule has 0 bridgehead atoms. The van der Waals surface area contributed by atoms with Crippen molar-refractivity contribution in [1.82, 2.24) is 20.0 Å². The van der Waals surface area contributed by atoms with E-state index in [1.54, 1.807) is 17.4 Å². The van der Waals surface area contributed by atoms with Gasteiger partial charge in [-0.05, 0) is 52.2 Å². The standard InChI is InChI=1S/C27H24ClN5O2S/c28-21-6-4-19(5-7-21)25-20(14-29-30-25)16-31-9-11-32(12-10-31)23-3-1-2-22-24(23)27(35)33(26(22)34)15-18-8-13-36-17-18/h1-8,13-14,17H,9-12,15-16H2,(H,29,30). The van der Waals surface area contributed by atoms with Crippen molar-refractivity contribution in [1.29, 1.82) is 0 Å². The molecule has 1 N–H and O–H groups in total. The Morgan fingerprint density at radius 1 is 0.944 bits per heavy atom. The Morgan fingerprint density at radius 3 is 2.50 bits per heavy atom. The van der Waals surface area contributed by atoms with Gasteiger partial charge in [-0.1, -0.05) is 29.8 Å². The first kappa shape index (κ1) is 23.0. The van der Waals surface area contributed by atoms with Crippen molar-refractivity contribution in [3.8, 4) is 11.3 Å². The first-order valence-electron chi connectivity index (χ1n) is 11.8. The van der Waals surface area contributed by atoms with Gasteiger partial charge in [-0.3, -0.25) is 24.5 Å². The van der Waals surface area contributed by atoms with Gasteiger partial charge in [0.2, 0.25) is 0 Å². The smallest absolute Gasteiger partial charge is 0.263 e. The fourth-order valence-electron chi connectivity index (χ4n) is 4.97. The number of halogens is 1. The van der Waals surface area contributed by atoms with E-state index in [1.807, 2.05) is 59.4 Å². The molecule has 0 aliphatic carbocycles. The Bertz CT molecular complexity index is 1410. The summed E-state index contributed by atoms with van der Waals surface area (Å²) in [7, 11) is 0. The summed E-state index contributed by atoms with van der Waals surface area (Å²) in [5.41, 5.74) is 6.05. The number of aromatic nitrogens is 2. The minimum atomic E-state index is -0.212. The van der Waals surface area contributed by atoms with Gasteiger partial charge in [-0.15, -0.1) is 0 Å². The minimum absolute atomic E-state index is 0.203. The number of imide groups is 1. The molecule has 6 rings (SSSR count). The van der Waals surface area contributed by atoms with Crippen LogP contribution in [0.25, 0.3) is 11.3 Å². The summed E-state index contributed by atoms with van der Waals surface area (Å²) < 4.78 is 0. The van der Waals surface area contributed by atoms with Crippen LogP contribution in [-0.4, -0.2) is 58.0 Å². The van der Waals surface area contributed by atoms with Gasteiger partial charge in [0.1, 0.15) is 0 Å². The van der Waals surface area contributed by atoms with Crippen LogP contribution < -0.4 is 4.90 Å². The topological polar surface area (TPSA) is 72.5 Å². The summed E-state index contributed by atoms with van der Waals surface area (Å²) in [6, 6.07) is 15.3. The van der Waals surface area contributed by atoms with E-state index in [0.29, 0.717) is 22.7 Å². The summed E-state index contributed by atoms with van der Waals surface area (Å²) in [5.74, 6) is -0.415. The molecule has 2 amide bonds. The van der Waals surface area contributed by atoms with Crippen LogP contribution in [0.1, 0.15) is 31.8 Å². The molecule has 182 valence electrons. The summed E-state index contributed by atoms with van der Waals surface area (Å²) >= 11 is 7.61. The van der Waals surface area contributed by atoms with Gasteiger partial charge in [0.25, 0.3) is 11.8 Å². The zero-order valence-electron chi connectivity index (χ0n) is 19.5. The number of carbonyl (C=O) groups is 2. The Balaban J connectivity index is 1.15. The number of benzene rings is 2. The largest absolute Gasteiger partial charge is 0.368 e. The second-order valence-corrected chi connectivity index (χ2v) is 10.3. The van der Waals surface area contributed by atoms with Gasteiger partial charge in [0.15, 0.2) is 0 Å². The van der Waals surface area contributed by atoms with E-state index < -0.39 is 0 Å². The third-order valence-corrected chi connectivity index (χ3v) is 7.84. The molecule has 36 heavy (non-hydrogen) atoms. The number of carbonyl (C=O) groups excluding carboxylic acids is 2. The van der Waals surface area contributed by atoms with E-state index in [1.165, 1.54) is 4.90 Å². The lowest BCUT2D eigenvalue weighted by Crippen LogP contribution is -2.46. The molecule has 2 aliphatic heterocycles. The van der Waals surface area contributed by atoms with Crippen molar-refractivity contribution in [2.45, 2.75) is 13.1 Å². The van der Waals surface area contributed by atoms with Gasteiger partial charge in [-0.2, -0.15) is 16.4 Å². The zero-order valence-corrected chi connectivity index (χ0v) is 21.1. The molecule has 2 aromatic carbocycles. The Kier molecular flexibility index (Phi) is 6.08. The molecule has 4 aromatic rings. The maximum absolute atomic E-state index is 13.3. The lowest BCUT2D eigenvalue weighted by Gasteiger charge is -2.36. The van der Waals surface area contributed by atoms with Gasteiger partial charge < -0.3 is 4.90 Å². The first-order valence-corrected chi connectivity index (χ1v) is 13.2. The number of hydrogen-bond donors (Lipinski definition) is 1. The Labute approximate surface area is 217 Å². The molecule has 0 atom stereocenters. The molecule has 0 radical (unpaired) electrons. The van der Waals surface area contributed by atoms with Crippen molar-refractivity contribution in [2.75, 3.05) is 31.1 Å². The fourth-order valence-corrected chi connectivity index (χ4v) is 5.76. The highest BCUT2D eigenvalue weighted by molar-refractivity contribution is 7.07. The number of hydrogen-bond acceptors (Lipinski definition) is 6. The van der Waals surface area contributed by atoms with Crippen LogP contribution >= 0.6 is 22.9 Å². The molecule has 0 unspecified atom stereocenters. The van der Waals surface area contributed by atoms with Crippen LogP contribution in [0, 0.1) is 0 Å². The average Bonchev–Trinajstić information content (AvgIpc) is 3.64. The number of amides is 2. The van der Waals surface area contributed by atoms with E-state index in [-0.39, 0.29) is 11.8 Å². The lowest BCUT2D eigenvalue weighted by atomic mass is 10.1. The van der Waals surface area contributed by atoms with Crippen molar-refractivity contribution >= 4 is 40.4 Å². The SMILES string of the molecule is O=C1c2cccc(N3CCN(Cc4cn[nH]c4-c4ccc(Cl)cc4)CC3)c2C(=O)N1Cc1ccsc1. The number of anilines is 1.